The van der Waals surface area contributed by atoms with Crippen LogP contribution in [0, 0.1) is 5.82 Å². The van der Waals surface area contributed by atoms with Gasteiger partial charge in [0.05, 0.1) is 11.1 Å². The number of amides is 1. The lowest BCUT2D eigenvalue weighted by atomic mass is 9.92. The lowest BCUT2D eigenvalue weighted by Crippen LogP contribution is -2.23. The number of halogens is 1. The SMILES string of the molecule is CC(C)(O)Cc1ccc2nc(NC=O)n(C3CCC3)c2c1F. The number of carbonyl (C=O) groups excluding carboxylic acids is 1. The Morgan fingerprint density at radius 3 is 2.77 bits per heavy atom. The Bertz CT molecular complexity index is 714. The molecule has 0 aliphatic heterocycles. The van der Waals surface area contributed by atoms with Crippen LogP contribution in [0.15, 0.2) is 12.1 Å². The van der Waals surface area contributed by atoms with Crippen LogP contribution in [0.1, 0.15) is 44.7 Å². The number of anilines is 1. The van der Waals surface area contributed by atoms with Crippen LogP contribution in [-0.4, -0.2) is 26.7 Å². The molecule has 2 aromatic rings. The molecule has 0 unspecified atom stereocenters. The van der Waals surface area contributed by atoms with Crippen molar-refractivity contribution in [3.63, 3.8) is 0 Å². The first-order chi connectivity index (χ1) is 10.4. The fourth-order valence-electron chi connectivity index (χ4n) is 2.95. The van der Waals surface area contributed by atoms with E-state index in [1.807, 2.05) is 0 Å². The molecule has 5 nitrogen and oxygen atoms in total. The molecule has 0 spiro atoms. The molecule has 2 N–H and O–H groups in total. The molecular weight excluding hydrogens is 285 g/mol. The number of rotatable bonds is 5. The lowest BCUT2D eigenvalue weighted by molar-refractivity contribution is -0.105. The molecule has 3 rings (SSSR count). The number of fused-ring (bicyclic) bond motifs is 1. The van der Waals surface area contributed by atoms with Gasteiger partial charge in [-0.05, 0) is 44.7 Å². The largest absolute Gasteiger partial charge is 0.390 e. The van der Waals surface area contributed by atoms with Crippen LogP contribution in [0.2, 0.25) is 0 Å². The number of hydrogen-bond acceptors (Lipinski definition) is 3. The number of nitrogens with zero attached hydrogens (tertiary/aromatic N) is 2. The zero-order chi connectivity index (χ0) is 15.9. The van der Waals surface area contributed by atoms with Gasteiger partial charge in [0, 0.05) is 12.5 Å². The van der Waals surface area contributed by atoms with Gasteiger partial charge >= 0.3 is 0 Å². The minimum atomic E-state index is -0.986. The summed E-state index contributed by atoms with van der Waals surface area (Å²) in [5.74, 6) is 0.0204. The summed E-state index contributed by atoms with van der Waals surface area (Å²) in [7, 11) is 0. The maximum absolute atomic E-state index is 14.9. The van der Waals surface area contributed by atoms with Crippen LogP contribution in [0.25, 0.3) is 11.0 Å². The van der Waals surface area contributed by atoms with E-state index in [2.05, 4.69) is 10.3 Å². The highest BCUT2D eigenvalue weighted by Gasteiger charge is 2.28. The molecule has 1 fully saturated rings. The summed E-state index contributed by atoms with van der Waals surface area (Å²) in [5, 5.41) is 12.5. The van der Waals surface area contributed by atoms with Gasteiger partial charge in [-0.1, -0.05) is 6.07 Å². The van der Waals surface area contributed by atoms with Gasteiger partial charge in [0.2, 0.25) is 12.4 Å². The predicted octanol–water partition coefficient (Wildman–Crippen LogP) is 2.78. The van der Waals surface area contributed by atoms with Gasteiger partial charge in [-0.25, -0.2) is 9.37 Å². The number of imidazole rings is 1. The van der Waals surface area contributed by atoms with E-state index in [1.54, 1.807) is 30.5 Å². The van der Waals surface area contributed by atoms with E-state index < -0.39 is 5.60 Å². The summed E-state index contributed by atoms with van der Waals surface area (Å²) in [6.45, 7) is 3.30. The third kappa shape index (κ3) is 2.59. The maximum atomic E-state index is 14.9. The van der Waals surface area contributed by atoms with E-state index in [-0.39, 0.29) is 18.3 Å². The summed E-state index contributed by atoms with van der Waals surface area (Å²) in [6, 6.07) is 3.56. The first-order valence-corrected chi connectivity index (χ1v) is 7.52. The second-order valence-electron chi connectivity index (χ2n) is 6.55. The van der Waals surface area contributed by atoms with Gasteiger partial charge in [-0.15, -0.1) is 0 Å². The molecule has 118 valence electrons. The minimum Gasteiger partial charge on any atom is -0.390 e. The Morgan fingerprint density at radius 2 is 2.23 bits per heavy atom. The van der Waals surface area contributed by atoms with Gasteiger partial charge in [0.25, 0.3) is 0 Å². The lowest BCUT2D eigenvalue weighted by Gasteiger charge is -2.29. The molecule has 1 aliphatic rings. The highest BCUT2D eigenvalue weighted by atomic mass is 19.1. The molecule has 1 aliphatic carbocycles. The average molecular weight is 305 g/mol. The molecule has 1 aromatic carbocycles. The summed E-state index contributed by atoms with van der Waals surface area (Å²) in [5.41, 5.74) is 0.405. The Balaban J connectivity index is 2.16. The maximum Gasteiger partial charge on any atom is 0.213 e. The van der Waals surface area contributed by atoms with Gasteiger partial charge in [-0.2, -0.15) is 0 Å². The fourth-order valence-corrected chi connectivity index (χ4v) is 2.95. The predicted molar refractivity (Wildman–Crippen MR) is 82.3 cm³/mol. The number of carbonyl (C=O) groups is 1. The van der Waals surface area contributed by atoms with Crippen LogP contribution in [-0.2, 0) is 11.2 Å². The van der Waals surface area contributed by atoms with Crippen LogP contribution >= 0.6 is 0 Å². The van der Waals surface area contributed by atoms with Gasteiger partial charge in [-0.3, -0.25) is 10.1 Å². The molecule has 1 saturated carbocycles. The topological polar surface area (TPSA) is 67.2 Å². The van der Waals surface area contributed by atoms with Gasteiger partial charge in [0.1, 0.15) is 5.52 Å². The highest BCUT2D eigenvalue weighted by molar-refractivity contribution is 5.83. The summed E-state index contributed by atoms with van der Waals surface area (Å²) >= 11 is 0. The van der Waals surface area contributed by atoms with Gasteiger partial charge in [0.15, 0.2) is 5.82 Å². The molecule has 22 heavy (non-hydrogen) atoms. The van der Waals surface area contributed by atoms with Crippen molar-refractivity contribution in [1.29, 1.82) is 0 Å². The molecule has 6 heteroatoms. The number of nitrogens with one attached hydrogen (secondary N) is 1. The monoisotopic (exact) mass is 305 g/mol. The second kappa shape index (κ2) is 5.35. The summed E-state index contributed by atoms with van der Waals surface area (Å²) in [4.78, 5) is 15.1. The van der Waals surface area contributed by atoms with E-state index in [4.69, 9.17) is 0 Å². The Labute approximate surface area is 128 Å². The minimum absolute atomic E-state index is 0.166. The van der Waals surface area contributed by atoms with Crippen LogP contribution in [0.4, 0.5) is 10.3 Å². The third-order valence-corrected chi connectivity index (χ3v) is 4.12. The van der Waals surface area contributed by atoms with E-state index in [0.29, 0.717) is 29.0 Å². The van der Waals surface area contributed by atoms with Crippen molar-refractivity contribution in [2.45, 2.75) is 51.2 Å². The van der Waals surface area contributed by atoms with Crippen molar-refractivity contribution >= 4 is 23.4 Å². The molecule has 1 heterocycles. The number of aliphatic hydroxyl groups is 1. The van der Waals surface area contributed by atoms with E-state index in [9.17, 15) is 14.3 Å². The highest BCUT2D eigenvalue weighted by Crippen LogP contribution is 2.38. The third-order valence-electron chi connectivity index (χ3n) is 4.12. The van der Waals surface area contributed by atoms with Gasteiger partial charge < -0.3 is 9.67 Å². The Morgan fingerprint density at radius 1 is 1.50 bits per heavy atom. The van der Waals surface area contributed by atoms with Crippen molar-refractivity contribution in [2.75, 3.05) is 5.32 Å². The van der Waals surface area contributed by atoms with Crippen molar-refractivity contribution in [3.05, 3.63) is 23.5 Å². The second-order valence-corrected chi connectivity index (χ2v) is 6.55. The first kappa shape index (κ1) is 15.0. The average Bonchev–Trinajstić information content (AvgIpc) is 2.70. The van der Waals surface area contributed by atoms with E-state index in [1.165, 1.54) is 0 Å². The number of benzene rings is 1. The summed E-state index contributed by atoms with van der Waals surface area (Å²) < 4.78 is 16.7. The Hall–Kier alpha value is -1.95. The molecular formula is C16H20FN3O2. The smallest absolute Gasteiger partial charge is 0.213 e. The zero-order valence-corrected chi connectivity index (χ0v) is 12.8. The Kier molecular flexibility index (Phi) is 3.64. The van der Waals surface area contributed by atoms with Crippen molar-refractivity contribution in [2.24, 2.45) is 0 Å². The van der Waals surface area contributed by atoms with Crippen molar-refractivity contribution < 1.29 is 14.3 Å². The normalized spacial score (nSPS) is 15.8. The summed E-state index contributed by atoms with van der Waals surface area (Å²) in [6.07, 6.45) is 3.78. The fraction of sp³-hybridized carbons (Fsp3) is 0.500. The molecule has 0 radical (unpaired) electrons. The van der Waals surface area contributed by atoms with Crippen molar-refractivity contribution in [1.82, 2.24) is 9.55 Å². The van der Waals surface area contributed by atoms with Crippen LogP contribution in [0.5, 0.6) is 0 Å². The molecule has 0 saturated heterocycles. The van der Waals surface area contributed by atoms with Crippen LogP contribution in [0.3, 0.4) is 0 Å². The standard InChI is InChI=1S/C16H20FN3O2/c1-16(2,22)8-10-6-7-12-14(13(10)17)20(11-4-3-5-11)15(19-12)18-9-21/h6-7,9,11,22H,3-5,8H2,1-2H3,(H,18,19,21). The molecule has 1 aromatic heterocycles. The quantitative estimate of drug-likeness (QED) is 0.835. The number of aromatic nitrogens is 2. The van der Waals surface area contributed by atoms with Crippen LogP contribution < -0.4 is 5.32 Å². The van der Waals surface area contributed by atoms with E-state index >= 15 is 0 Å². The van der Waals surface area contributed by atoms with Crippen molar-refractivity contribution in [3.8, 4) is 0 Å². The molecule has 0 bridgehead atoms. The van der Waals surface area contributed by atoms with E-state index in [0.717, 1.165) is 19.3 Å². The number of hydrogen-bond donors (Lipinski definition) is 2. The zero-order valence-electron chi connectivity index (χ0n) is 12.8. The molecule has 1 amide bonds. The molecule has 0 atom stereocenters. The first-order valence-electron chi connectivity index (χ1n) is 7.52.